The molecule has 2 amide bonds. The number of nitrogens with one attached hydrogen (secondary N) is 1. The van der Waals surface area contributed by atoms with Crippen molar-refractivity contribution in [2.75, 3.05) is 13.1 Å². The first kappa shape index (κ1) is 14.3. The number of piperidine rings is 1. The van der Waals surface area contributed by atoms with Gasteiger partial charge in [0.15, 0.2) is 0 Å². The van der Waals surface area contributed by atoms with E-state index in [0.717, 1.165) is 15.1 Å². The molecule has 0 aliphatic carbocycles. The molecule has 1 unspecified atom stereocenters. The summed E-state index contributed by atoms with van der Waals surface area (Å²) >= 11 is 4.94. The number of rotatable bonds is 3. The van der Waals surface area contributed by atoms with E-state index in [2.05, 4.69) is 21.2 Å². The van der Waals surface area contributed by atoms with Crippen LogP contribution in [0, 0.1) is 5.92 Å². The van der Waals surface area contributed by atoms with Crippen LogP contribution in [0.15, 0.2) is 15.9 Å². The highest BCUT2D eigenvalue weighted by Crippen LogP contribution is 2.22. The number of carboxylic acid groups (broad SMARTS) is 1. The van der Waals surface area contributed by atoms with Crippen molar-refractivity contribution in [2.24, 2.45) is 5.92 Å². The summed E-state index contributed by atoms with van der Waals surface area (Å²) in [6.45, 7) is 1.41. The minimum atomic E-state index is -0.820. The highest BCUT2D eigenvalue weighted by molar-refractivity contribution is 9.11. The predicted octanol–water partition coefficient (Wildman–Crippen LogP) is 2.52. The number of carbonyl (C=O) groups is 2. The molecule has 1 fully saturated rings. The Morgan fingerprint density at radius 3 is 2.95 bits per heavy atom. The fourth-order valence-electron chi connectivity index (χ4n) is 2.08. The molecule has 2 rings (SSSR count). The van der Waals surface area contributed by atoms with Gasteiger partial charge in [0.2, 0.25) is 0 Å². The number of nitrogens with zero attached hydrogens (tertiary/aromatic N) is 1. The van der Waals surface area contributed by atoms with Crippen molar-refractivity contribution >= 4 is 39.3 Å². The van der Waals surface area contributed by atoms with Crippen LogP contribution in [0.25, 0.3) is 0 Å². The van der Waals surface area contributed by atoms with Gasteiger partial charge in [-0.3, -0.25) is 4.79 Å². The van der Waals surface area contributed by atoms with Crippen LogP contribution in [0.2, 0.25) is 0 Å². The average Bonchev–Trinajstić information content (AvgIpc) is 2.82. The van der Waals surface area contributed by atoms with E-state index >= 15 is 0 Å². The molecule has 7 heteroatoms. The fourth-order valence-corrected chi connectivity index (χ4v) is 3.51. The molecule has 0 spiro atoms. The van der Waals surface area contributed by atoms with Gasteiger partial charge in [-0.2, -0.15) is 0 Å². The maximum atomic E-state index is 12.0. The molecule has 2 N–H and O–H groups in total. The third kappa shape index (κ3) is 3.94. The van der Waals surface area contributed by atoms with E-state index in [1.807, 2.05) is 12.1 Å². The molecule has 1 aromatic rings. The second-order valence-electron chi connectivity index (χ2n) is 4.49. The van der Waals surface area contributed by atoms with Crippen LogP contribution in [0.1, 0.15) is 17.7 Å². The summed E-state index contributed by atoms with van der Waals surface area (Å²) in [6, 6.07) is 3.70. The number of hydrogen-bond acceptors (Lipinski definition) is 3. The van der Waals surface area contributed by atoms with Crippen LogP contribution >= 0.6 is 27.3 Å². The van der Waals surface area contributed by atoms with E-state index < -0.39 is 11.9 Å². The lowest BCUT2D eigenvalue weighted by Crippen LogP contribution is -2.46. The summed E-state index contributed by atoms with van der Waals surface area (Å²) < 4.78 is 1.03. The molecule has 0 aromatic carbocycles. The zero-order valence-electron chi connectivity index (χ0n) is 10.3. The lowest BCUT2D eigenvalue weighted by atomic mass is 9.99. The summed E-state index contributed by atoms with van der Waals surface area (Å²) in [7, 11) is 0. The SMILES string of the molecule is O=C(O)C1CCCN(C(=O)NCc2ccc(Br)s2)C1. The van der Waals surface area contributed by atoms with Crippen molar-refractivity contribution in [1.29, 1.82) is 0 Å². The zero-order chi connectivity index (χ0) is 13.8. The normalized spacial score (nSPS) is 19.2. The molecule has 5 nitrogen and oxygen atoms in total. The molecule has 104 valence electrons. The maximum Gasteiger partial charge on any atom is 0.317 e. The van der Waals surface area contributed by atoms with Gasteiger partial charge in [0.05, 0.1) is 16.2 Å². The minimum absolute atomic E-state index is 0.185. The van der Waals surface area contributed by atoms with Crippen molar-refractivity contribution in [1.82, 2.24) is 10.2 Å². The number of urea groups is 1. The quantitative estimate of drug-likeness (QED) is 0.883. The van der Waals surface area contributed by atoms with Crippen LogP contribution in [-0.4, -0.2) is 35.1 Å². The Bertz CT molecular complexity index is 477. The van der Waals surface area contributed by atoms with Gasteiger partial charge in [-0.15, -0.1) is 11.3 Å². The first-order chi connectivity index (χ1) is 9.06. The number of thiophene rings is 1. The van der Waals surface area contributed by atoms with E-state index in [4.69, 9.17) is 5.11 Å². The van der Waals surface area contributed by atoms with Crippen LogP contribution < -0.4 is 5.32 Å². The van der Waals surface area contributed by atoms with Crippen LogP contribution in [0.5, 0.6) is 0 Å². The molecule has 19 heavy (non-hydrogen) atoms. The van der Waals surface area contributed by atoms with Crippen molar-refractivity contribution in [3.63, 3.8) is 0 Å². The Morgan fingerprint density at radius 1 is 1.53 bits per heavy atom. The number of amides is 2. The predicted molar refractivity (Wildman–Crippen MR) is 76.2 cm³/mol. The summed E-state index contributed by atoms with van der Waals surface area (Å²) in [6.07, 6.45) is 1.39. The molecule has 1 saturated heterocycles. The van der Waals surface area contributed by atoms with Gasteiger partial charge in [0, 0.05) is 18.0 Å². The van der Waals surface area contributed by atoms with Gasteiger partial charge in [-0.05, 0) is 40.9 Å². The number of carboxylic acids is 1. The molecule has 1 atom stereocenters. The molecular weight excluding hydrogens is 332 g/mol. The smallest absolute Gasteiger partial charge is 0.317 e. The van der Waals surface area contributed by atoms with Gasteiger partial charge in [0.1, 0.15) is 0 Å². The van der Waals surface area contributed by atoms with Crippen molar-refractivity contribution < 1.29 is 14.7 Å². The lowest BCUT2D eigenvalue weighted by molar-refractivity contribution is -0.143. The Balaban J connectivity index is 1.84. The van der Waals surface area contributed by atoms with Crippen molar-refractivity contribution in [3.8, 4) is 0 Å². The maximum absolute atomic E-state index is 12.0. The second kappa shape index (κ2) is 6.38. The van der Waals surface area contributed by atoms with Crippen molar-refractivity contribution in [2.45, 2.75) is 19.4 Å². The number of likely N-dealkylation sites (tertiary alicyclic amines) is 1. The highest BCUT2D eigenvalue weighted by Gasteiger charge is 2.27. The second-order valence-corrected chi connectivity index (χ2v) is 7.04. The van der Waals surface area contributed by atoms with E-state index in [1.54, 1.807) is 16.2 Å². The Kier molecular flexibility index (Phi) is 4.81. The topological polar surface area (TPSA) is 69.6 Å². The standard InChI is InChI=1S/C12H15BrN2O3S/c13-10-4-3-9(19-10)6-14-12(18)15-5-1-2-8(7-15)11(16)17/h3-4,8H,1-2,5-7H2,(H,14,18)(H,16,17). The van der Waals surface area contributed by atoms with Crippen LogP contribution in [-0.2, 0) is 11.3 Å². The zero-order valence-corrected chi connectivity index (χ0v) is 12.7. The van der Waals surface area contributed by atoms with Crippen molar-refractivity contribution in [3.05, 3.63) is 20.8 Å². The van der Waals surface area contributed by atoms with Gasteiger partial charge >= 0.3 is 12.0 Å². The molecule has 1 aliphatic heterocycles. The third-order valence-corrected chi connectivity index (χ3v) is 4.72. The van der Waals surface area contributed by atoms with E-state index in [1.165, 1.54) is 0 Å². The molecular formula is C12H15BrN2O3S. The highest BCUT2D eigenvalue weighted by atomic mass is 79.9. The average molecular weight is 347 g/mol. The van der Waals surface area contributed by atoms with Gasteiger partial charge in [0.25, 0.3) is 0 Å². The summed E-state index contributed by atoms with van der Waals surface area (Å²) in [5.41, 5.74) is 0. The Hall–Kier alpha value is -1.08. The number of hydrogen-bond donors (Lipinski definition) is 2. The van der Waals surface area contributed by atoms with E-state index in [-0.39, 0.29) is 6.03 Å². The van der Waals surface area contributed by atoms with Gasteiger partial charge in [-0.25, -0.2) is 4.79 Å². The molecule has 0 radical (unpaired) electrons. The number of aliphatic carboxylic acids is 1. The Morgan fingerprint density at radius 2 is 2.32 bits per heavy atom. The molecule has 1 aromatic heterocycles. The van der Waals surface area contributed by atoms with Crippen LogP contribution in [0.4, 0.5) is 4.79 Å². The minimum Gasteiger partial charge on any atom is -0.481 e. The number of halogens is 1. The summed E-state index contributed by atoms with van der Waals surface area (Å²) in [4.78, 5) is 25.6. The number of carbonyl (C=O) groups excluding carboxylic acids is 1. The summed E-state index contributed by atoms with van der Waals surface area (Å²) in [5, 5.41) is 11.8. The Labute approximate surface area is 123 Å². The van der Waals surface area contributed by atoms with E-state index in [0.29, 0.717) is 26.1 Å². The first-order valence-corrected chi connectivity index (χ1v) is 7.67. The fraction of sp³-hybridized carbons (Fsp3) is 0.500. The monoisotopic (exact) mass is 346 g/mol. The first-order valence-electron chi connectivity index (χ1n) is 6.06. The molecule has 0 saturated carbocycles. The molecule has 2 heterocycles. The van der Waals surface area contributed by atoms with E-state index in [9.17, 15) is 9.59 Å². The molecule has 1 aliphatic rings. The van der Waals surface area contributed by atoms with Gasteiger partial charge in [-0.1, -0.05) is 0 Å². The largest absolute Gasteiger partial charge is 0.481 e. The van der Waals surface area contributed by atoms with Gasteiger partial charge < -0.3 is 15.3 Å². The third-order valence-electron chi connectivity index (χ3n) is 3.10. The molecule has 0 bridgehead atoms. The lowest BCUT2D eigenvalue weighted by Gasteiger charge is -2.30. The summed E-state index contributed by atoms with van der Waals surface area (Å²) in [5.74, 6) is -1.25. The van der Waals surface area contributed by atoms with Crippen LogP contribution in [0.3, 0.4) is 0 Å².